The van der Waals surface area contributed by atoms with Crippen molar-refractivity contribution in [1.82, 2.24) is 0 Å². The van der Waals surface area contributed by atoms with Gasteiger partial charge in [0.1, 0.15) is 6.04 Å². The van der Waals surface area contributed by atoms with Gasteiger partial charge in [0.2, 0.25) is 0 Å². The van der Waals surface area contributed by atoms with Crippen molar-refractivity contribution in [1.29, 1.82) is 0 Å². The Kier molecular flexibility index (Phi) is 4.06. The molecule has 3 rings (SSSR count). The van der Waals surface area contributed by atoms with E-state index < -0.39 is 0 Å². The van der Waals surface area contributed by atoms with Crippen LogP contribution in [0.5, 0.6) is 0 Å². The van der Waals surface area contributed by atoms with Crippen LogP contribution in [0.3, 0.4) is 0 Å². The maximum absolute atomic E-state index is 12.0. The minimum absolute atomic E-state index is 0.0198. The third-order valence-corrected chi connectivity index (χ3v) is 4.03. The van der Waals surface area contributed by atoms with Gasteiger partial charge in [-0.2, -0.15) is 0 Å². The van der Waals surface area contributed by atoms with Gasteiger partial charge in [0.15, 0.2) is 12.3 Å². The third kappa shape index (κ3) is 3.34. The van der Waals surface area contributed by atoms with Crippen LogP contribution in [0, 0.1) is 0 Å². The Morgan fingerprint density at radius 3 is 3.00 bits per heavy atom. The fraction of sp³-hybridized carbons (Fsp3) is 0.353. The van der Waals surface area contributed by atoms with Crippen molar-refractivity contribution >= 4 is 11.6 Å². The average Bonchev–Trinajstić information content (AvgIpc) is 3.15. The summed E-state index contributed by atoms with van der Waals surface area (Å²) in [7, 11) is 0. The minimum atomic E-state index is 0.0198. The van der Waals surface area contributed by atoms with Crippen LogP contribution in [0.25, 0.3) is 0 Å². The predicted octanol–water partition coefficient (Wildman–Crippen LogP) is 2.03. The van der Waals surface area contributed by atoms with Crippen LogP contribution in [0.2, 0.25) is 0 Å². The SMILES string of the molecule is C[C@H]([NH2+]CC(=O)Nc1ccc2c(c1)CCC2)c1ccco1. The number of furan rings is 1. The van der Waals surface area contributed by atoms with Gasteiger partial charge in [0.05, 0.1) is 6.26 Å². The van der Waals surface area contributed by atoms with Crippen molar-refractivity contribution in [3.05, 3.63) is 53.5 Å². The number of hydrogen-bond acceptors (Lipinski definition) is 2. The highest BCUT2D eigenvalue weighted by Gasteiger charge is 2.15. The lowest BCUT2D eigenvalue weighted by molar-refractivity contribution is -0.684. The number of anilines is 1. The second-order valence-electron chi connectivity index (χ2n) is 5.63. The van der Waals surface area contributed by atoms with Crippen LogP contribution in [-0.2, 0) is 17.6 Å². The number of nitrogens with two attached hydrogens (primary N) is 1. The smallest absolute Gasteiger partial charge is 0.279 e. The Labute approximate surface area is 124 Å². The van der Waals surface area contributed by atoms with Gasteiger partial charge >= 0.3 is 0 Å². The number of carbonyl (C=O) groups excluding carboxylic acids is 1. The summed E-state index contributed by atoms with van der Waals surface area (Å²) in [4.78, 5) is 12.0. The molecule has 3 N–H and O–H groups in total. The Balaban J connectivity index is 1.52. The Bertz CT molecular complexity index is 620. The molecule has 1 aliphatic carbocycles. The average molecular weight is 285 g/mol. The number of aryl methyl sites for hydroxylation is 2. The number of fused-ring (bicyclic) bond motifs is 1. The highest BCUT2D eigenvalue weighted by atomic mass is 16.3. The molecule has 0 unspecified atom stereocenters. The Morgan fingerprint density at radius 1 is 1.33 bits per heavy atom. The molecule has 0 saturated heterocycles. The zero-order valence-electron chi connectivity index (χ0n) is 12.3. The van der Waals surface area contributed by atoms with E-state index in [0.717, 1.165) is 24.3 Å². The van der Waals surface area contributed by atoms with E-state index in [-0.39, 0.29) is 11.9 Å². The molecular weight excluding hydrogens is 264 g/mol. The predicted molar refractivity (Wildman–Crippen MR) is 81.0 cm³/mol. The fourth-order valence-electron chi connectivity index (χ4n) is 2.81. The summed E-state index contributed by atoms with van der Waals surface area (Å²) in [6, 6.07) is 10.2. The third-order valence-electron chi connectivity index (χ3n) is 4.03. The molecule has 0 aliphatic heterocycles. The summed E-state index contributed by atoms with van der Waals surface area (Å²) in [5, 5.41) is 4.95. The summed E-state index contributed by atoms with van der Waals surface area (Å²) in [6.07, 6.45) is 5.17. The number of carbonyl (C=O) groups is 1. The lowest BCUT2D eigenvalue weighted by Crippen LogP contribution is -2.86. The number of quaternary nitrogens is 1. The first-order chi connectivity index (χ1) is 10.2. The topological polar surface area (TPSA) is 58.9 Å². The Hall–Kier alpha value is -2.07. The molecule has 4 nitrogen and oxygen atoms in total. The molecule has 0 spiro atoms. The summed E-state index contributed by atoms with van der Waals surface area (Å²) < 4.78 is 5.33. The lowest BCUT2D eigenvalue weighted by Gasteiger charge is -2.09. The van der Waals surface area contributed by atoms with Gasteiger partial charge in [-0.15, -0.1) is 0 Å². The second kappa shape index (κ2) is 6.14. The molecule has 1 heterocycles. The van der Waals surface area contributed by atoms with Crippen molar-refractivity contribution in [3.8, 4) is 0 Å². The van der Waals surface area contributed by atoms with Gasteiger partial charge in [-0.05, 0) is 61.6 Å². The normalized spacial score (nSPS) is 14.7. The molecule has 1 aromatic heterocycles. The number of rotatable bonds is 5. The first kappa shape index (κ1) is 13.9. The monoisotopic (exact) mass is 285 g/mol. The lowest BCUT2D eigenvalue weighted by atomic mass is 10.1. The molecule has 0 radical (unpaired) electrons. The van der Waals surface area contributed by atoms with Crippen molar-refractivity contribution in [2.45, 2.75) is 32.2 Å². The first-order valence-corrected chi connectivity index (χ1v) is 7.51. The van der Waals surface area contributed by atoms with Crippen LogP contribution < -0.4 is 10.6 Å². The van der Waals surface area contributed by atoms with E-state index in [0.29, 0.717) is 6.54 Å². The summed E-state index contributed by atoms with van der Waals surface area (Å²) in [5.74, 6) is 0.909. The number of amides is 1. The van der Waals surface area contributed by atoms with Crippen molar-refractivity contribution < 1.29 is 14.5 Å². The number of benzene rings is 1. The molecule has 4 heteroatoms. The van der Waals surface area contributed by atoms with Crippen LogP contribution in [0.1, 0.15) is 36.3 Å². The standard InChI is InChI=1S/C17H20N2O2/c1-12(16-6-3-9-21-16)18-11-17(20)19-15-8-7-13-4-2-5-14(13)10-15/h3,6-10,12,18H,2,4-5,11H2,1H3,(H,19,20)/p+1/t12-/m0/s1. The van der Waals surface area contributed by atoms with Gasteiger partial charge in [-0.3, -0.25) is 4.79 Å². The van der Waals surface area contributed by atoms with E-state index in [1.807, 2.05) is 30.4 Å². The van der Waals surface area contributed by atoms with E-state index in [4.69, 9.17) is 4.42 Å². The molecule has 2 aromatic rings. The van der Waals surface area contributed by atoms with E-state index in [9.17, 15) is 4.79 Å². The minimum Gasteiger partial charge on any atom is -0.463 e. The quantitative estimate of drug-likeness (QED) is 0.883. The molecular formula is C17H21N2O2+. The molecule has 21 heavy (non-hydrogen) atoms. The molecule has 1 aromatic carbocycles. The van der Waals surface area contributed by atoms with Gasteiger partial charge in [0.25, 0.3) is 5.91 Å². The number of hydrogen-bond donors (Lipinski definition) is 2. The molecule has 110 valence electrons. The second-order valence-corrected chi connectivity index (χ2v) is 5.63. The van der Waals surface area contributed by atoms with Gasteiger partial charge in [0, 0.05) is 5.69 Å². The van der Waals surface area contributed by atoms with Gasteiger partial charge < -0.3 is 15.1 Å². The van der Waals surface area contributed by atoms with E-state index in [1.165, 1.54) is 17.5 Å². The van der Waals surface area contributed by atoms with Crippen molar-refractivity contribution in [2.75, 3.05) is 11.9 Å². The Morgan fingerprint density at radius 2 is 2.19 bits per heavy atom. The fourth-order valence-corrected chi connectivity index (χ4v) is 2.81. The van der Waals surface area contributed by atoms with Crippen LogP contribution >= 0.6 is 0 Å². The van der Waals surface area contributed by atoms with E-state index >= 15 is 0 Å². The summed E-state index contributed by atoms with van der Waals surface area (Å²) >= 11 is 0. The largest absolute Gasteiger partial charge is 0.463 e. The van der Waals surface area contributed by atoms with Crippen molar-refractivity contribution in [3.63, 3.8) is 0 Å². The van der Waals surface area contributed by atoms with Crippen LogP contribution in [0.15, 0.2) is 41.0 Å². The molecule has 1 amide bonds. The van der Waals surface area contributed by atoms with E-state index in [1.54, 1.807) is 6.26 Å². The van der Waals surface area contributed by atoms with Gasteiger partial charge in [-0.1, -0.05) is 6.07 Å². The van der Waals surface area contributed by atoms with Crippen LogP contribution in [0.4, 0.5) is 5.69 Å². The maximum Gasteiger partial charge on any atom is 0.279 e. The maximum atomic E-state index is 12.0. The molecule has 0 fully saturated rings. The first-order valence-electron chi connectivity index (χ1n) is 7.51. The summed E-state index contributed by atoms with van der Waals surface area (Å²) in [5.41, 5.74) is 3.70. The zero-order valence-corrected chi connectivity index (χ0v) is 12.3. The zero-order chi connectivity index (χ0) is 14.7. The molecule has 0 saturated carbocycles. The highest BCUT2D eigenvalue weighted by molar-refractivity contribution is 5.91. The summed E-state index contributed by atoms with van der Waals surface area (Å²) in [6.45, 7) is 2.42. The van der Waals surface area contributed by atoms with Crippen LogP contribution in [-0.4, -0.2) is 12.5 Å². The van der Waals surface area contributed by atoms with E-state index in [2.05, 4.69) is 17.4 Å². The molecule has 0 bridgehead atoms. The highest BCUT2D eigenvalue weighted by Crippen LogP contribution is 2.24. The van der Waals surface area contributed by atoms with Crippen molar-refractivity contribution in [2.24, 2.45) is 0 Å². The van der Waals surface area contributed by atoms with Gasteiger partial charge in [-0.25, -0.2) is 0 Å². The molecule has 1 aliphatic rings. The molecule has 1 atom stereocenters. The number of nitrogens with one attached hydrogen (secondary N) is 1.